The lowest BCUT2D eigenvalue weighted by atomic mass is 10.0. The van der Waals surface area contributed by atoms with Gasteiger partial charge in [-0.05, 0) is 20.8 Å². The van der Waals surface area contributed by atoms with Crippen molar-refractivity contribution in [3.63, 3.8) is 0 Å². The van der Waals surface area contributed by atoms with E-state index in [1.54, 1.807) is 32.9 Å². The summed E-state index contributed by atoms with van der Waals surface area (Å²) >= 11 is 0. The molecule has 0 atom stereocenters. The molecule has 0 bridgehead atoms. The van der Waals surface area contributed by atoms with E-state index in [4.69, 9.17) is 9.26 Å². The van der Waals surface area contributed by atoms with E-state index in [1.165, 1.54) is 6.07 Å². The van der Waals surface area contributed by atoms with Crippen molar-refractivity contribution in [2.24, 2.45) is 0 Å². The van der Waals surface area contributed by atoms with Gasteiger partial charge < -0.3 is 9.26 Å². The minimum atomic E-state index is -0.561. The zero-order valence-electron chi connectivity index (χ0n) is 11.9. The van der Waals surface area contributed by atoms with E-state index in [0.29, 0.717) is 16.9 Å². The Kier molecular flexibility index (Phi) is 4.02. The average Bonchev–Trinajstić information content (AvgIpc) is 2.81. The topological polar surface area (TPSA) is 95.5 Å². The van der Waals surface area contributed by atoms with E-state index in [-0.39, 0.29) is 23.6 Å². The maximum absolute atomic E-state index is 12.0. The lowest BCUT2D eigenvalue weighted by molar-refractivity contribution is -0.385. The summed E-state index contributed by atoms with van der Waals surface area (Å²) < 4.78 is 9.99. The first-order chi connectivity index (χ1) is 9.95. The van der Waals surface area contributed by atoms with Crippen molar-refractivity contribution in [3.8, 4) is 11.3 Å². The molecule has 0 fully saturated rings. The summed E-state index contributed by atoms with van der Waals surface area (Å²) in [5.74, 6) is -0.249. The van der Waals surface area contributed by atoms with Crippen LogP contribution in [0.3, 0.4) is 0 Å². The van der Waals surface area contributed by atoms with Crippen LogP contribution in [0.1, 0.15) is 28.6 Å². The van der Waals surface area contributed by atoms with Crippen molar-refractivity contribution in [1.82, 2.24) is 5.16 Å². The Morgan fingerprint density at radius 2 is 2.14 bits per heavy atom. The third-order valence-corrected chi connectivity index (χ3v) is 3.02. The third-order valence-electron chi connectivity index (χ3n) is 3.02. The molecule has 0 saturated carbocycles. The van der Waals surface area contributed by atoms with Gasteiger partial charge in [-0.25, -0.2) is 4.79 Å². The highest BCUT2D eigenvalue weighted by atomic mass is 16.6. The maximum atomic E-state index is 12.0. The van der Waals surface area contributed by atoms with Gasteiger partial charge in [0.15, 0.2) is 0 Å². The van der Waals surface area contributed by atoms with Crippen molar-refractivity contribution in [3.05, 3.63) is 45.2 Å². The van der Waals surface area contributed by atoms with Crippen molar-refractivity contribution in [2.75, 3.05) is 6.61 Å². The van der Waals surface area contributed by atoms with E-state index >= 15 is 0 Å². The second kappa shape index (κ2) is 5.74. The van der Waals surface area contributed by atoms with Crippen LogP contribution in [-0.2, 0) is 4.74 Å². The molecule has 0 radical (unpaired) electrons. The summed E-state index contributed by atoms with van der Waals surface area (Å²) in [6, 6.07) is 4.63. The molecule has 7 heteroatoms. The normalized spacial score (nSPS) is 10.4. The molecule has 0 aliphatic carbocycles. The van der Waals surface area contributed by atoms with Crippen LogP contribution in [0, 0.1) is 24.0 Å². The number of ether oxygens (including phenoxy) is 1. The molecular formula is C14H14N2O5. The zero-order chi connectivity index (χ0) is 15.6. The maximum Gasteiger partial charge on any atom is 0.344 e. The van der Waals surface area contributed by atoms with Gasteiger partial charge in [0.25, 0.3) is 5.69 Å². The summed E-state index contributed by atoms with van der Waals surface area (Å²) in [4.78, 5) is 22.5. The van der Waals surface area contributed by atoms with Crippen LogP contribution < -0.4 is 0 Å². The van der Waals surface area contributed by atoms with Crippen molar-refractivity contribution in [2.45, 2.75) is 20.8 Å². The molecule has 0 aliphatic rings. The molecule has 0 saturated heterocycles. The molecule has 1 aromatic heterocycles. The van der Waals surface area contributed by atoms with Gasteiger partial charge in [-0.1, -0.05) is 17.3 Å². The Morgan fingerprint density at radius 3 is 2.76 bits per heavy atom. The Bertz CT molecular complexity index is 705. The van der Waals surface area contributed by atoms with Crippen molar-refractivity contribution in [1.29, 1.82) is 0 Å². The fourth-order valence-corrected chi connectivity index (χ4v) is 1.97. The van der Waals surface area contributed by atoms with Gasteiger partial charge in [-0.3, -0.25) is 10.1 Å². The number of nitrogens with zero attached hydrogens (tertiary/aromatic N) is 2. The molecule has 2 aromatic rings. The first-order valence-electron chi connectivity index (χ1n) is 6.34. The highest BCUT2D eigenvalue weighted by Crippen LogP contribution is 2.30. The molecule has 1 aromatic carbocycles. The molecule has 0 unspecified atom stereocenters. The Hall–Kier alpha value is -2.70. The number of esters is 1. The number of hydrogen-bond acceptors (Lipinski definition) is 6. The largest absolute Gasteiger partial charge is 0.462 e. The quantitative estimate of drug-likeness (QED) is 0.488. The number of benzene rings is 1. The van der Waals surface area contributed by atoms with Gasteiger partial charge in [0.05, 0.1) is 11.5 Å². The third kappa shape index (κ3) is 2.76. The Balaban J connectivity index is 2.55. The number of nitro benzene ring substituents is 1. The van der Waals surface area contributed by atoms with E-state index < -0.39 is 10.9 Å². The predicted molar refractivity (Wildman–Crippen MR) is 74.0 cm³/mol. The van der Waals surface area contributed by atoms with Crippen LogP contribution in [0.2, 0.25) is 0 Å². The van der Waals surface area contributed by atoms with Crippen LogP contribution >= 0.6 is 0 Å². The van der Waals surface area contributed by atoms with Crippen molar-refractivity contribution >= 4 is 11.7 Å². The van der Waals surface area contributed by atoms with Crippen molar-refractivity contribution < 1.29 is 19.0 Å². The molecule has 0 spiro atoms. The summed E-state index contributed by atoms with van der Waals surface area (Å²) in [6.07, 6.45) is 0. The van der Waals surface area contributed by atoms with Gasteiger partial charge in [0, 0.05) is 17.2 Å². The molecule has 0 amide bonds. The van der Waals surface area contributed by atoms with Crippen LogP contribution in [0.4, 0.5) is 5.69 Å². The molecule has 110 valence electrons. The van der Waals surface area contributed by atoms with Gasteiger partial charge in [0.1, 0.15) is 17.0 Å². The van der Waals surface area contributed by atoms with Gasteiger partial charge in [0.2, 0.25) is 0 Å². The molecule has 21 heavy (non-hydrogen) atoms. The molecule has 0 N–H and O–H groups in total. The number of hydrogen-bond donors (Lipinski definition) is 0. The number of rotatable bonds is 4. The number of carbonyl (C=O) groups excluding carboxylic acids is 1. The summed E-state index contributed by atoms with van der Waals surface area (Å²) in [5.41, 5.74) is 1.36. The Morgan fingerprint density at radius 1 is 1.43 bits per heavy atom. The summed E-state index contributed by atoms with van der Waals surface area (Å²) in [5, 5.41) is 14.8. The second-order valence-electron chi connectivity index (χ2n) is 4.44. The van der Waals surface area contributed by atoms with Gasteiger partial charge in [-0.15, -0.1) is 0 Å². The Labute approximate surface area is 120 Å². The number of aryl methyl sites for hydroxylation is 2. The smallest absolute Gasteiger partial charge is 0.344 e. The standard InChI is InChI=1S/C14H14N2O5/c1-4-20-14(17)12-9(3)21-15-13(12)10-6-5-8(2)11(7-10)16(18)19/h5-7H,4H2,1-3H3. The SMILES string of the molecule is CCOC(=O)c1c(-c2ccc(C)c([N+](=O)[O-])c2)noc1C. The van der Waals surface area contributed by atoms with Crippen LogP contribution in [-0.4, -0.2) is 22.7 Å². The van der Waals surface area contributed by atoms with Crippen LogP contribution in [0.5, 0.6) is 0 Å². The minimum Gasteiger partial charge on any atom is -0.462 e. The van der Waals surface area contributed by atoms with Gasteiger partial charge in [-0.2, -0.15) is 0 Å². The van der Waals surface area contributed by atoms with E-state index in [1.807, 2.05) is 0 Å². The fraction of sp³-hybridized carbons (Fsp3) is 0.286. The summed E-state index contributed by atoms with van der Waals surface area (Å²) in [7, 11) is 0. The first-order valence-corrected chi connectivity index (χ1v) is 6.34. The predicted octanol–water partition coefficient (Wildman–Crippen LogP) is 3.04. The lowest BCUT2D eigenvalue weighted by Gasteiger charge is -2.04. The highest BCUT2D eigenvalue weighted by molar-refractivity contribution is 5.97. The molecule has 0 aliphatic heterocycles. The number of carbonyl (C=O) groups is 1. The van der Waals surface area contributed by atoms with E-state index in [2.05, 4.69) is 5.16 Å². The molecule has 1 heterocycles. The van der Waals surface area contributed by atoms with E-state index in [0.717, 1.165) is 0 Å². The zero-order valence-corrected chi connectivity index (χ0v) is 11.9. The van der Waals surface area contributed by atoms with Crippen LogP contribution in [0.15, 0.2) is 22.7 Å². The average molecular weight is 290 g/mol. The number of nitro groups is 1. The second-order valence-corrected chi connectivity index (χ2v) is 4.44. The molecule has 7 nitrogen and oxygen atoms in total. The highest BCUT2D eigenvalue weighted by Gasteiger charge is 2.24. The molecule has 2 rings (SSSR count). The van der Waals surface area contributed by atoms with Gasteiger partial charge >= 0.3 is 5.97 Å². The first kappa shape index (κ1) is 14.7. The lowest BCUT2D eigenvalue weighted by Crippen LogP contribution is -2.06. The minimum absolute atomic E-state index is 0.0389. The fourth-order valence-electron chi connectivity index (χ4n) is 1.97. The number of aromatic nitrogens is 1. The molecular weight excluding hydrogens is 276 g/mol. The van der Waals surface area contributed by atoms with Crippen LogP contribution in [0.25, 0.3) is 11.3 Å². The summed E-state index contributed by atoms with van der Waals surface area (Å²) in [6.45, 7) is 5.14. The van der Waals surface area contributed by atoms with E-state index in [9.17, 15) is 14.9 Å². The monoisotopic (exact) mass is 290 g/mol.